The first-order valence-corrected chi connectivity index (χ1v) is 5.93. The fourth-order valence-corrected chi connectivity index (χ4v) is 1.27. The van der Waals surface area contributed by atoms with Gasteiger partial charge in [0.2, 0.25) is 0 Å². The van der Waals surface area contributed by atoms with E-state index in [2.05, 4.69) is 5.32 Å². The third-order valence-electron chi connectivity index (χ3n) is 1.78. The van der Waals surface area contributed by atoms with Gasteiger partial charge >= 0.3 is 12.1 Å². The predicted octanol–water partition coefficient (Wildman–Crippen LogP) is 0.786. The molecule has 0 aliphatic rings. The van der Waals surface area contributed by atoms with E-state index < -0.39 is 18.6 Å². The Morgan fingerprint density at radius 2 is 2.06 bits per heavy atom. The Kier molecular flexibility index (Phi) is 6.20. The van der Waals surface area contributed by atoms with Crippen molar-refractivity contribution in [2.24, 2.45) is 0 Å². The molecule has 0 aliphatic heterocycles. The molecule has 1 amide bonds. The van der Waals surface area contributed by atoms with Gasteiger partial charge in [-0.25, -0.2) is 4.79 Å². The van der Waals surface area contributed by atoms with Crippen molar-refractivity contribution < 1.29 is 19.5 Å². The van der Waals surface area contributed by atoms with Crippen LogP contribution in [0.1, 0.15) is 13.8 Å². The number of carbonyl (C=O) groups excluding carboxylic acids is 1. The SMILES string of the molecule is CSC(C)(C)CN(C)OC(=O)NCC(=O)O. The molecule has 2 N–H and O–H groups in total. The number of carboxylic acid groups (broad SMARTS) is 1. The number of thioether (sulfide) groups is 1. The lowest BCUT2D eigenvalue weighted by Crippen LogP contribution is -2.39. The summed E-state index contributed by atoms with van der Waals surface area (Å²) in [5.41, 5.74) is 0. The second-order valence-corrected chi connectivity index (χ2v) is 5.39. The topological polar surface area (TPSA) is 78.9 Å². The molecule has 0 fully saturated rings. The molecular formula is C9H18N2O4S. The monoisotopic (exact) mass is 250 g/mol. The zero-order valence-electron chi connectivity index (χ0n) is 9.94. The molecule has 0 heterocycles. The molecule has 6 nitrogen and oxygen atoms in total. The van der Waals surface area contributed by atoms with Gasteiger partial charge in [-0.3, -0.25) is 4.79 Å². The number of hydroxylamine groups is 2. The molecule has 94 valence electrons. The van der Waals surface area contributed by atoms with Gasteiger partial charge in [0.1, 0.15) is 6.54 Å². The summed E-state index contributed by atoms with van der Waals surface area (Å²) in [5, 5.41) is 11.8. The van der Waals surface area contributed by atoms with Crippen molar-refractivity contribution in [3.63, 3.8) is 0 Å². The predicted molar refractivity (Wildman–Crippen MR) is 62.3 cm³/mol. The molecule has 0 aromatic rings. The summed E-state index contributed by atoms with van der Waals surface area (Å²) < 4.78 is -0.0399. The minimum atomic E-state index is -1.11. The second kappa shape index (κ2) is 6.59. The molecule has 0 aromatic carbocycles. The number of carbonyl (C=O) groups is 2. The number of nitrogens with zero attached hydrogens (tertiary/aromatic N) is 1. The van der Waals surface area contributed by atoms with E-state index in [0.717, 1.165) is 0 Å². The zero-order valence-corrected chi connectivity index (χ0v) is 10.8. The zero-order chi connectivity index (χ0) is 12.8. The maximum absolute atomic E-state index is 11.1. The molecule has 0 aromatic heterocycles. The molecule has 0 bridgehead atoms. The second-order valence-electron chi connectivity index (χ2n) is 3.88. The van der Waals surface area contributed by atoms with Crippen LogP contribution in [0, 0.1) is 0 Å². The van der Waals surface area contributed by atoms with E-state index in [1.54, 1.807) is 18.8 Å². The number of hydrogen-bond donors (Lipinski definition) is 2. The van der Waals surface area contributed by atoms with Crippen LogP contribution in [0.5, 0.6) is 0 Å². The Morgan fingerprint density at radius 1 is 1.50 bits per heavy atom. The van der Waals surface area contributed by atoms with Gasteiger partial charge < -0.3 is 15.3 Å². The van der Waals surface area contributed by atoms with Gasteiger partial charge in [-0.15, -0.1) is 5.06 Å². The average molecular weight is 250 g/mol. The highest BCUT2D eigenvalue weighted by Gasteiger charge is 2.20. The first-order valence-electron chi connectivity index (χ1n) is 4.71. The van der Waals surface area contributed by atoms with Gasteiger partial charge in [-0.2, -0.15) is 11.8 Å². The Balaban J connectivity index is 3.91. The third-order valence-corrected chi connectivity index (χ3v) is 3.01. The molecule has 0 spiro atoms. The number of rotatable bonds is 6. The number of hydrogen-bond acceptors (Lipinski definition) is 5. The van der Waals surface area contributed by atoms with Gasteiger partial charge in [0, 0.05) is 18.3 Å². The van der Waals surface area contributed by atoms with Gasteiger partial charge in [-0.1, -0.05) is 0 Å². The van der Waals surface area contributed by atoms with Crippen LogP contribution >= 0.6 is 11.8 Å². The van der Waals surface area contributed by atoms with E-state index in [9.17, 15) is 9.59 Å². The van der Waals surface area contributed by atoms with Crippen molar-refractivity contribution in [3.8, 4) is 0 Å². The van der Waals surface area contributed by atoms with Crippen molar-refractivity contribution in [2.45, 2.75) is 18.6 Å². The first kappa shape index (κ1) is 15.0. The minimum absolute atomic E-state index is 0.0399. The molecule has 0 saturated heterocycles. The number of carboxylic acids is 1. The minimum Gasteiger partial charge on any atom is -0.480 e. The fourth-order valence-electron chi connectivity index (χ4n) is 0.955. The van der Waals surface area contributed by atoms with Crippen LogP contribution in [-0.4, -0.2) is 53.4 Å². The third kappa shape index (κ3) is 7.36. The summed E-state index contributed by atoms with van der Waals surface area (Å²) in [6.45, 7) is 4.15. The Morgan fingerprint density at radius 3 is 2.50 bits per heavy atom. The summed E-state index contributed by atoms with van der Waals surface area (Å²) in [4.78, 5) is 26.1. The molecule has 0 saturated carbocycles. The lowest BCUT2D eigenvalue weighted by Gasteiger charge is -2.27. The molecule has 0 radical (unpaired) electrons. The lowest BCUT2D eigenvalue weighted by atomic mass is 10.2. The highest BCUT2D eigenvalue weighted by Crippen LogP contribution is 2.21. The lowest BCUT2D eigenvalue weighted by molar-refractivity contribution is -0.136. The molecule has 7 heteroatoms. The van der Waals surface area contributed by atoms with Gasteiger partial charge in [0.25, 0.3) is 0 Å². The maximum Gasteiger partial charge on any atom is 0.426 e. The molecular weight excluding hydrogens is 232 g/mol. The van der Waals surface area contributed by atoms with Crippen LogP contribution in [0.3, 0.4) is 0 Å². The van der Waals surface area contributed by atoms with Crippen molar-refractivity contribution in [2.75, 3.05) is 26.4 Å². The quantitative estimate of drug-likeness (QED) is 0.678. The van der Waals surface area contributed by atoms with Crippen LogP contribution in [0.25, 0.3) is 0 Å². The highest BCUT2D eigenvalue weighted by atomic mass is 32.2. The van der Waals surface area contributed by atoms with Crippen LogP contribution in [0.2, 0.25) is 0 Å². The van der Waals surface area contributed by atoms with Crippen LogP contribution in [0.4, 0.5) is 4.79 Å². The van der Waals surface area contributed by atoms with Crippen molar-refractivity contribution in [3.05, 3.63) is 0 Å². The normalized spacial score (nSPS) is 11.3. The smallest absolute Gasteiger partial charge is 0.426 e. The van der Waals surface area contributed by atoms with E-state index in [-0.39, 0.29) is 4.75 Å². The molecule has 0 atom stereocenters. The Hall–Kier alpha value is -0.950. The van der Waals surface area contributed by atoms with Crippen molar-refractivity contribution in [1.82, 2.24) is 10.4 Å². The van der Waals surface area contributed by atoms with E-state index in [1.807, 2.05) is 20.1 Å². The summed E-state index contributed by atoms with van der Waals surface area (Å²) in [5.74, 6) is -1.11. The van der Waals surface area contributed by atoms with E-state index in [4.69, 9.17) is 9.94 Å². The Bertz CT molecular complexity index is 258. The van der Waals surface area contributed by atoms with Gasteiger partial charge in [0.15, 0.2) is 0 Å². The standard InChI is InChI=1S/C9H18N2O4S/c1-9(2,16-4)6-11(3)15-8(14)10-5-7(12)13/h5-6H2,1-4H3,(H,10,14)(H,12,13). The first-order chi connectivity index (χ1) is 7.26. The summed E-state index contributed by atoms with van der Waals surface area (Å²) in [7, 11) is 1.62. The molecule has 0 aliphatic carbocycles. The maximum atomic E-state index is 11.1. The summed E-state index contributed by atoms with van der Waals surface area (Å²) in [6.07, 6.45) is 1.21. The van der Waals surface area contributed by atoms with E-state index in [0.29, 0.717) is 6.54 Å². The average Bonchev–Trinajstić information content (AvgIpc) is 2.13. The van der Waals surface area contributed by atoms with Crippen LogP contribution in [-0.2, 0) is 9.63 Å². The van der Waals surface area contributed by atoms with Crippen molar-refractivity contribution >= 4 is 23.8 Å². The highest BCUT2D eigenvalue weighted by molar-refractivity contribution is 7.99. The van der Waals surface area contributed by atoms with E-state index >= 15 is 0 Å². The summed E-state index contributed by atoms with van der Waals surface area (Å²) >= 11 is 1.65. The largest absolute Gasteiger partial charge is 0.480 e. The van der Waals surface area contributed by atoms with Crippen molar-refractivity contribution in [1.29, 1.82) is 0 Å². The van der Waals surface area contributed by atoms with Gasteiger partial charge in [-0.05, 0) is 20.1 Å². The molecule has 0 unspecified atom stereocenters. The Labute approximate surface area is 99.3 Å². The number of amides is 1. The number of aliphatic carboxylic acids is 1. The molecule has 0 rings (SSSR count). The fraction of sp³-hybridized carbons (Fsp3) is 0.778. The number of nitrogens with one attached hydrogen (secondary N) is 1. The van der Waals surface area contributed by atoms with Gasteiger partial charge in [0.05, 0.1) is 0 Å². The van der Waals surface area contributed by atoms with Crippen LogP contribution in [0.15, 0.2) is 0 Å². The van der Waals surface area contributed by atoms with E-state index in [1.165, 1.54) is 5.06 Å². The van der Waals surface area contributed by atoms with Crippen LogP contribution < -0.4 is 5.32 Å². The summed E-state index contributed by atoms with van der Waals surface area (Å²) in [6, 6.07) is 0. The molecule has 16 heavy (non-hydrogen) atoms.